The first-order chi connectivity index (χ1) is 34.2. The standard InChI is InChI=1S/C52H58N6O13/c53-39-8-4-17-50(39,30-6-2-1-3-7-30)42-28(16-19-59)23-51(49(67)68)43(42)33-21-36(62)37(70-52(69)48(66)47(65)46(64)38(25-60)71-52)22-34(33)58(51)41(63)15-11-27-10-14-35(61)32(20-27)31-13-12-29(44-45(31)57-26-56-44)24-55-40-9-5-18-54-40/h1-3,5-7,9-11,14-15,18,20-23,26,29,31,38-39,42-43,46-48,54-55,59-62,64-66,69H,4,8,12-13,16-17,19,24-25,53H2,(H,56,57)(H,67,68). The van der Waals surface area contributed by atoms with Gasteiger partial charge in [0.15, 0.2) is 23.1 Å². The van der Waals surface area contributed by atoms with Gasteiger partial charge in [0.1, 0.15) is 29.9 Å². The van der Waals surface area contributed by atoms with Gasteiger partial charge in [0, 0.05) is 77.9 Å². The van der Waals surface area contributed by atoms with E-state index in [2.05, 4.69) is 20.3 Å². The number of benzene rings is 3. The van der Waals surface area contributed by atoms with Crippen LogP contribution in [0.15, 0.2) is 103 Å². The van der Waals surface area contributed by atoms with Gasteiger partial charge in [0.25, 0.3) is 5.91 Å². The quantitative estimate of drug-likeness (QED) is 0.0432. The molecule has 0 radical (unpaired) electrons. The van der Waals surface area contributed by atoms with Crippen molar-refractivity contribution in [2.45, 2.75) is 104 Å². The lowest BCUT2D eigenvalue weighted by molar-refractivity contribution is -0.422. The molecule has 1 saturated heterocycles. The number of hydrogen-bond donors (Lipinski definition) is 13. The van der Waals surface area contributed by atoms with Crippen LogP contribution >= 0.6 is 0 Å². The second kappa shape index (κ2) is 18.6. The topological polar surface area (TPSA) is 320 Å². The van der Waals surface area contributed by atoms with Crippen LogP contribution in [0.4, 0.5) is 11.5 Å². The Balaban J connectivity index is 1.06. The molecule has 1 amide bonds. The van der Waals surface area contributed by atoms with Crippen LogP contribution in [0.2, 0.25) is 0 Å². The van der Waals surface area contributed by atoms with Gasteiger partial charge in [-0.1, -0.05) is 48.4 Å². The molecule has 4 heterocycles. The van der Waals surface area contributed by atoms with Gasteiger partial charge in [-0.3, -0.25) is 9.69 Å². The maximum Gasteiger partial charge on any atom is 0.355 e. The molecule has 12 atom stereocenters. The van der Waals surface area contributed by atoms with Gasteiger partial charge in [0.05, 0.1) is 24.3 Å². The summed E-state index contributed by atoms with van der Waals surface area (Å²) in [5.74, 6) is -7.87. The number of aromatic hydroxyl groups is 2. The Kier molecular flexibility index (Phi) is 12.6. The molecule has 2 aliphatic heterocycles. The lowest BCUT2D eigenvalue weighted by Gasteiger charge is -2.45. The van der Waals surface area contributed by atoms with E-state index in [1.807, 2.05) is 48.7 Å². The zero-order chi connectivity index (χ0) is 50.0. The molecule has 19 nitrogen and oxygen atoms in total. The van der Waals surface area contributed by atoms with E-state index >= 15 is 4.79 Å². The average Bonchev–Trinajstić information content (AvgIpc) is 4.22. The highest BCUT2D eigenvalue weighted by molar-refractivity contribution is 6.13. The molecule has 3 aromatic carbocycles. The maximum absolute atomic E-state index is 15.3. The Labute approximate surface area is 407 Å². The molecule has 2 aromatic heterocycles. The van der Waals surface area contributed by atoms with Crippen molar-refractivity contribution in [3.8, 4) is 17.2 Å². The van der Waals surface area contributed by atoms with Crippen molar-refractivity contribution in [3.05, 3.63) is 137 Å². The summed E-state index contributed by atoms with van der Waals surface area (Å²) in [5, 5.41) is 102. The summed E-state index contributed by atoms with van der Waals surface area (Å²) in [7, 11) is 0. The second-order valence-electron chi connectivity index (χ2n) is 19.4. The number of aliphatic hydroxyl groups is 6. The first-order valence-corrected chi connectivity index (χ1v) is 23.9. The number of phenols is 2. The van der Waals surface area contributed by atoms with Gasteiger partial charge < -0.3 is 76.5 Å². The van der Waals surface area contributed by atoms with Crippen LogP contribution in [0.5, 0.6) is 17.2 Å². The highest BCUT2D eigenvalue weighted by Gasteiger charge is 2.69. The van der Waals surface area contributed by atoms with Crippen LogP contribution in [-0.2, 0) is 19.7 Å². The molecule has 12 unspecified atom stereocenters. The third-order valence-corrected chi connectivity index (χ3v) is 15.7. The van der Waals surface area contributed by atoms with Gasteiger partial charge >= 0.3 is 11.9 Å². The zero-order valence-electron chi connectivity index (χ0n) is 38.5. The van der Waals surface area contributed by atoms with Gasteiger partial charge in [-0.15, -0.1) is 0 Å². The van der Waals surface area contributed by atoms with E-state index in [1.165, 1.54) is 30.4 Å². The van der Waals surface area contributed by atoms with Gasteiger partial charge in [-0.2, -0.15) is 0 Å². The number of hydrogen-bond acceptors (Lipinski definition) is 15. The molecule has 71 heavy (non-hydrogen) atoms. The Morgan fingerprint density at radius 2 is 1.75 bits per heavy atom. The average molecular weight is 975 g/mol. The summed E-state index contributed by atoms with van der Waals surface area (Å²) in [6, 6.07) is 20.1. The number of carboxylic acid groups (broad SMARTS) is 1. The molecule has 1 saturated carbocycles. The van der Waals surface area contributed by atoms with E-state index in [4.69, 9.17) is 15.2 Å². The minimum Gasteiger partial charge on any atom is -0.508 e. The second-order valence-corrected chi connectivity index (χ2v) is 19.4. The Hall–Kier alpha value is -6.55. The van der Waals surface area contributed by atoms with Crippen molar-refractivity contribution in [3.63, 3.8) is 0 Å². The number of carbonyl (C=O) groups is 2. The van der Waals surface area contributed by atoms with Gasteiger partial charge in [0.2, 0.25) is 0 Å². The van der Waals surface area contributed by atoms with Crippen molar-refractivity contribution in [2.24, 2.45) is 11.7 Å². The Bertz CT molecular complexity index is 2850. The Morgan fingerprint density at radius 3 is 2.45 bits per heavy atom. The van der Waals surface area contributed by atoms with Crippen LogP contribution in [0.1, 0.15) is 89.9 Å². The number of aromatic amines is 2. The van der Waals surface area contributed by atoms with E-state index in [9.17, 15) is 50.8 Å². The molecular weight excluding hydrogens is 917 g/mol. The fourth-order valence-corrected chi connectivity index (χ4v) is 12.5. The summed E-state index contributed by atoms with van der Waals surface area (Å²) in [6.07, 6.45) is 3.07. The number of amides is 1. The first kappa shape index (κ1) is 48.1. The predicted octanol–water partition coefficient (Wildman–Crippen LogP) is 3.12. The number of anilines is 2. The van der Waals surface area contributed by atoms with Crippen molar-refractivity contribution >= 4 is 29.5 Å². The van der Waals surface area contributed by atoms with E-state index < -0.39 is 89.2 Å². The number of carbonyl (C=O) groups excluding carboxylic acids is 1. The van der Waals surface area contributed by atoms with Crippen LogP contribution < -0.4 is 20.7 Å². The number of H-pyrrole nitrogens is 2. The number of fused-ring (bicyclic) bond motifs is 4. The minimum atomic E-state index is -3.18. The number of imidazole rings is 1. The maximum atomic E-state index is 15.3. The van der Waals surface area contributed by atoms with Crippen LogP contribution in [-0.4, -0.2) is 135 Å². The highest BCUT2D eigenvalue weighted by atomic mass is 16.8. The van der Waals surface area contributed by atoms with Crippen molar-refractivity contribution in [2.75, 3.05) is 30.0 Å². The molecule has 2 fully saturated rings. The summed E-state index contributed by atoms with van der Waals surface area (Å²) in [5.41, 5.74) is 8.37. The monoisotopic (exact) mass is 974 g/mol. The first-order valence-electron chi connectivity index (χ1n) is 23.9. The van der Waals surface area contributed by atoms with E-state index in [0.717, 1.165) is 40.2 Å². The molecule has 10 rings (SSSR count). The number of carboxylic acids is 1. The predicted molar refractivity (Wildman–Crippen MR) is 256 cm³/mol. The van der Waals surface area contributed by atoms with Gasteiger partial charge in [-0.05, 0) is 91.3 Å². The number of nitrogens with two attached hydrogens (primary N) is 1. The molecule has 0 bridgehead atoms. The molecule has 0 spiro atoms. The number of nitrogens with one attached hydrogen (secondary N) is 3. The highest BCUT2D eigenvalue weighted by Crippen LogP contribution is 2.66. The number of phenolic OH excluding ortho intramolecular Hbond substituents is 2. The number of ether oxygens (including phenoxy) is 2. The van der Waals surface area contributed by atoms with Crippen LogP contribution in [0.3, 0.4) is 0 Å². The van der Waals surface area contributed by atoms with Crippen molar-refractivity contribution < 1.29 is 65.0 Å². The fraction of sp³-hybridized carbons (Fsp3) is 0.404. The Morgan fingerprint density at radius 1 is 0.944 bits per heavy atom. The van der Waals surface area contributed by atoms with Crippen LogP contribution in [0, 0.1) is 5.92 Å². The lowest BCUT2D eigenvalue weighted by atomic mass is 9.59. The number of aliphatic carboxylic acids is 1. The largest absolute Gasteiger partial charge is 0.508 e. The SMILES string of the molecule is NC1CCCC1(c1ccccc1)C1C(CCO)=CC2(C(=O)O)C1c1cc(O)c(OC3(O)OC(CO)C(O)C(O)C3O)cc1N2C(=O)C=Cc1ccc(O)c(C2CCC(CNc3ccc[nH]3)c3nc[nH]c32)c1. The number of nitrogens with zero attached hydrogens (tertiary/aromatic N) is 2. The van der Waals surface area contributed by atoms with E-state index in [1.54, 1.807) is 18.5 Å². The summed E-state index contributed by atoms with van der Waals surface area (Å²) < 4.78 is 11.1. The molecule has 5 aliphatic rings. The van der Waals surface area contributed by atoms with Crippen LogP contribution in [0.25, 0.3) is 6.08 Å². The molecule has 3 aliphatic carbocycles. The van der Waals surface area contributed by atoms with Crippen molar-refractivity contribution in [1.29, 1.82) is 0 Å². The summed E-state index contributed by atoms with van der Waals surface area (Å²) in [4.78, 5) is 41.8. The summed E-state index contributed by atoms with van der Waals surface area (Å²) in [6.45, 7) is -0.631. The number of aromatic nitrogens is 3. The van der Waals surface area contributed by atoms with Gasteiger partial charge in [-0.25, -0.2) is 9.78 Å². The van der Waals surface area contributed by atoms with E-state index in [-0.39, 0.29) is 41.9 Å². The molecule has 19 heteroatoms. The number of rotatable bonds is 14. The smallest absolute Gasteiger partial charge is 0.355 e. The third kappa shape index (κ3) is 7.78. The number of aliphatic hydroxyl groups excluding tert-OH is 5. The molecule has 374 valence electrons. The zero-order valence-corrected chi connectivity index (χ0v) is 38.5. The third-order valence-electron chi connectivity index (χ3n) is 15.7. The normalized spacial score (nSPS) is 32.1. The molecule has 5 aromatic rings. The lowest BCUT2D eigenvalue weighted by Crippen LogP contribution is -2.67. The van der Waals surface area contributed by atoms with E-state index in [0.29, 0.717) is 48.9 Å². The molecule has 14 N–H and O–H groups in total. The minimum absolute atomic E-state index is 0.0348. The van der Waals surface area contributed by atoms with Crippen molar-refractivity contribution in [1.82, 2.24) is 15.0 Å². The summed E-state index contributed by atoms with van der Waals surface area (Å²) >= 11 is 0. The molecular formula is C52H58N6O13. The fourth-order valence-electron chi connectivity index (χ4n) is 12.5.